The van der Waals surface area contributed by atoms with Crippen LogP contribution in [0.2, 0.25) is 0 Å². The molecule has 0 saturated heterocycles. The first kappa shape index (κ1) is 15.0. The van der Waals surface area contributed by atoms with Crippen molar-refractivity contribution in [1.29, 1.82) is 0 Å². The minimum atomic E-state index is -0.937. The summed E-state index contributed by atoms with van der Waals surface area (Å²) in [5.74, 6) is -2.90. The first-order chi connectivity index (χ1) is 9.99. The fourth-order valence-corrected chi connectivity index (χ4v) is 2.56. The van der Waals surface area contributed by atoms with E-state index in [1.807, 2.05) is 0 Å². The molecule has 0 spiro atoms. The number of carboxylic acid groups (broad SMARTS) is 1. The van der Waals surface area contributed by atoms with Crippen LogP contribution >= 0.6 is 0 Å². The number of hydrogen-bond acceptors (Lipinski definition) is 5. The zero-order valence-corrected chi connectivity index (χ0v) is 11.3. The summed E-state index contributed by atoms with van der Waals surface area (Å²) in [6.45, 7) is 0. The number of furan rings is 1. The molecule has 2 N–H and O–H groups in total. The highest BCUT2D eigenvalue weighted by Crippen LogP contribution is 2.24. The molecule has 8 heteroatoms. The second-order valence-electron chi connectivity index (χ2n) is 5.06. The molecular formula is C13H16N2O6. The average Bonchev–Trinajstić information content (AvgIpc) is 2.81. The number of amides is 1. The standard InChI is InChI=1S/C13H16N2O6/c16-12(10-6-7-11(21-10)15(19)20)14-9-5-3-1-2-4-8(9)13(17)18/h6-9H,1-5H2,(H,14,16)(H,17,18). The molecule has 0 radical (unpaired) electrons. The van der Waals surface area contributed by atoms with Crippen molar-refractivity contribution in [1.82, 2.24) is 5.32 Å². The monoisotopic (exact) mass is 296 g/mol. The van der Waals surface area contributed by atoms with Crippen molar-refractivity contribution in [3.05, 3.63) is 28.0 Å². The van der Waals surface area contributed by atoms with Gasteiger partial charge in [-0.2, -0.15) is 0 Å². The lowest BCUT2D eigenvalue weighted by Gasteiger charge is -2.22. The highest BCUT2D eigenvalue weighted by molar-refractivity contribution is 5.92. The molecule has 1 amide bonds. The van der Waals surface area contributed by atoms with E-state index in [4.69, 9.17) is 4.42 Å². The third-order valence-corrected chi connectivity index (χ3v) is 3.65. The molecule has 1 aliphatic rings. The first-order valence-electron chi connectivity index (χ1n) is 6.77. The Hall–Kier alpha value is -2.38. The number of nitro groups is 1. The Bertz CT molecular complexity index is 553. The highest BCUT2D eigenvalue weighted by Gasteiger charge is 2.31. The van der Waals surface area contributed by atoms with Crippen LogP contribution in [0.15, 0.2) is 16.5 Å². The Kier molecular flexibility index (Phi) is 4.56. The third-order valence-electron chi connectivity index (χ3n) is 3.65. The van der Waals surface area contributed by atoms with Gasteiger partial charge >= 0.3 is 11.9 Å². The molecule has 1 fully saturated rings. The summed E-state index contributed by atoms with van der Waals surface area (Å²) in [5, 5.41) is 22.4. The molecule has 8 nitrogen and oxygen atoms in total. The lowest BCUT2D eigenvalue weighted by atomic mass is 9.95. The third kappa shape index (κ3) is 3.59. The Labute approximate surface area is 120 Å². The van der Waals surface area contributed by atoms with E-state index in [0.717, 1.165) is 25.3 Å². The predicted molar refractivity (Wildman–Crippen MR) is 70.8 cm³/mol. The quantitative estimate of drug-likeness (QED) is 0.497. The van der Waals surface area contributed by atoms with Crippen molar-refractivity contribution in [2.24, 2.45) is 5.92 Å². The zero-order valence-electron chi connectivity index (χ0n) is 11.3. The molecule has 2 unspecified atom stereocenters. The van der Waals surface area contributed by atoms with E-state index in [1.165, 1.54) is 6.07 Å². The fraction of sp³-hybridized carbons (Fsp3) is 0.538. The van der Waals surface area contributed by atoms with E-state index < -0.39 is 34.6 Å². The van der Waals surface area contributed by atoms with Gasteiger partial charge in [0.15, 0.2) is 5.76 Å². The van der Waals surface area contributed by atoms with E-state index in [9.17, 15) is 24.8 Å². The van der Waals surface area contributed by atoms with Crippen LogP contribution in [0.4, 0.5) is 5.88 Å². The number of nitrogens with zero attached hydrogens (tertiary/aromatic N) is 1. The minimum Gasteiger partial charge on any atom is -0.481 e. The van der Waals surface area contributed by atoms with Crippen LogP contribution in [0.3, 0.4) is 0 Å². The van der Waals surface area contributed by atoms with E-state index in [0.29, 0.717) is 12.8 Å². The molecule has 2 rings (SSSR count). The predicted octanol–water partition coefficient (Wildman–Crippen LogP) is 1.95. The molecule has 1 saturated carbocycles. The van der Waals surface area contributed by atoms with Crippen LogP contribution in [0, 0.1) is 16.0 Å². The van der Waals surface area contributed by atoms with Gasteiger partial charge in [0, 0.05) is 6.04 Å². The summed E-state index contributed by atoms with van der Waals surface area (Å²) in [6.07, 6.45) is 3.68. The maximum Gasteiger partial charge on any atom is 0.433 e. The maximum atomic E-state index is 12.0. The van der Waals surface area contributed by atoms with Crippen molar-refractivity contribution in [2.45, 2.75) is 38.1 Å². The number of aliphatic carboxylic acids is 1. The van der Waals surface area contributed by atoms with Gasteiger partial charge < -0.3 is 14.8 Å². The molecule has 0 bridgehead atoms. The Balaban J connectivity index is 2.08. The zero-order chi connectivity index (χ0) is 15.4. The average molecular weight is 296 g/mol. The SMILES string of the molecule is O=C(NC1CCCCCC1C(=O)O)c1ccc([N+](=O)[O-])o1. The van der Waals surface area contributed by atoms with Crippen LogP contribution in [0.1, 0.15) is 42.7 Å². The number of carbonyl (C=O) groups is 2. The largest absolute Gasteiger partial charge is 0.481 e. The van der Waals surface area contributed by atoms with Crippen molar-refractivity contribution in [3.63, 3.8) is 0 Å². The van der Waals surface area contributed by atoms with Gasteiger partial charge in [-0.15, -0.1) is 0 Å². The molecule has 1 aromatic heterocycles. The van der Waals surface area contributed by atoms with Crippen LogP contribution in [0.25, 0.3) is 0 Å². The summed E-state index contributed by atoms with van der Waals surface area (Å²) in [5.41, 5.74) is 0. The highest BCUT2D eigenvalue weighted by atomic mass is 16.6. The van der Waals surface area contributed by atoms with E-state index in [-0.39, 0.29) is 5.76 Å². The molecular weight excluding hydrogens is 280 g/mol. The number of carboxylic acids is 1. The van der Waals surface area contributed by atoms with E-state index in [2.05, 4.69) is 5.32 Å². The molecule has 1 aliphatic carbocycles. The van der Waals surface area contributed by atoms with Gasteiger partial charge in [0.05, 0.1) is 12.0 Å². The van der Waals surface area contributed by atoms with Crippen LogP contribution in [-0.4, -0.2) is 27.9 Å². The number of rotatable bonds is 4. The lowest BCUT2D eigenvalue weighted by Crippen LogP contribution is -2.42. The van der Waals surface area contributed by atoms with Crippen molar-refractivity contribution < 1.29 is 24.0 Å². The molecule has 1 heterocycles. The Morgan fingerprint density at radius 3 is 2.62 bits per heavy atom. The van der Waals surface area contributed by atoms with Crippen molar-refractivity contribution in [2.75, 3.05) is 0 Å². The van der Waals surface area contributed by atoms with Gasteiger partial charge in [-0.05, 0) is 18.9 Å². The molecule has 0 aromatic carbocycles. The van der Waals surface area contributed by atoms with Gasteiger partial charge in [0.1, 0.15) is 4.92 Å². The normalized spacial score (nSPS) is 22.3. The Morgan fingerprint density at radius 2 is 2.00 bits per heavy atom. The fourth-order valence-electron chi connectivity index (χ4n) is 2.56. The Morgan fingerprint density at radius 1 is 1.29 bits per heavy atom. The smallest absolute Gasteiger partial charge is 0.433 e. The summed E-state index contributed by atoms with van der Waals surface area (Å²) in [6, 6.07) is 1.82. The second kappa shape index (κ2) is 6.38. The lowest BCUT2D eigenvalue weighted by molar-refractivity contribution is -0.402. The van der Waals surface area contributed by atoms with Gasteiger partial charge in [0.25, 0.3) is 5.91 Å². The van der Waals surface area contributed by atoms with Crippen LogP contribution < -0.4 is 5.32 Å². The summed E-state index contributed by atoms with van der Waals surface area (Å²) in [4.78, 5) is 33.1. The number of hydrogen-bond donors (Lipinski definition) is 2. The van der Waals surface area contributed by atoms with Crippen LogP contribution in [0.5, 0.6) is 0 Å². The molecule has 114 valence electrons. The van der Waals surface area contributed by atoms with Gasteiger partial charge in [-0.25, -0.2) is 0 Å². The summed E-state index contributed by atoms with van der Waals surface area (Å²) < 4.78 is 4.82. The minimum absolute atomic E-state index is 0.185. The van der Waals surface area contributed by atoms with Crippen molar-refractivity contribution in [3.8, 4) is 0 Å². The molecule has 2 atom stereocenters. The van der Waals surface area contributed by atoms with Gasteiger partial charge in [-0.1, -0.05) is 19.3 Å². The molecule has 21 heavy (non-hydrogen) atoms. The summed E-state index contributed by atoms with van der Waals surface area (Å²) >= 11 is 0. The molecule has 1 aromatic rings. The summed E-state index contributed by atoms with van der Waals surface area (Å²) in [7, 11) is 0. The van der Waals surface area contributed by atoms with Gasteiger partial charge in [0.2, 0.25) is 0 Å². The van der Waals surface area contributed by atoms with Crippen LogP contribution in [-0.2, 0) is 4.79 Å². The first-order valence-corrected chi connectivity index (χ1v) is 6.77. The topological polar surface area (TPSA) is 123 Å². The molecule has 0 aliphatic heterocycles. The van der Waals surface area contributed by atoms with Gasteiger partial charge in [-0.3, -0.25) is 19.7 Å². The number of carbonyl (C=O) groups excluding carboxylic acids is 1. The van der Waals surface area contributed by atoms with E-state index in [1.54, 1.807) is 0 Å². The number of nitrogens with one attached hydrogen (secondary N) is 1. The van der Waals surface area contributed by atoms with Crippen molar-refractivity contribution >= 4 is 17.8 Å². The van der Waals surface area contributed by atoms with E-state index >= 15 is 0 Å². The second-order valence-corrected chi connectivity index (χ2v) is 5.06. The maximum absolute atomic E-state index is 12.0.